The second-order valence-electron chi connectivity index (χ2n) is 5.84. The van der Waals surface area contributed by atoms with E-state index in [1.54, 1.807) is 18.2 Å². The first-order valence-corrected chi connectivity index (χ1v) is 8.68. The summed E-state index contributed by atoms with van der Waals surface area (Å²) in [4.78, 5) is 12.2. The maximum Gasteiger partial charge on any atom is 0.251 e. The van der Waals surface area contributed by atoms with Crippen molar-refractivity contribution >= 4 is 5.91 Å². The van der Waals surface area contributed by atoms with E-state index in [1.165, 1.54) is 0 Å². The van der Waals surface area contributed by atoms with E-state index in [0.29, 0.717) is 43.4 Å². The summed E-state index contributed by atoms with van der Waals surface area (Å²) in [5.41, 5.74) is 0.588. The molecule has 0 radical (unpaired) electrons. The number of para-hydroxylation sites is 1. The van der Waals surface area contributed by atoms with Crippen molar-refractivity contribution in [2.45, 2.75) is 19.3 Å². The molecule has 0 aliphatic carbocycles. The summed E-state index contributed by atoms with van der Waals surface area (Å²) < 4.78 is 16.8. The molecule has 1 N–H and O–H groups in total. The number of benzene rings is 2. The van der Waals surface area contributed by atoms with Crippen LogP contribution < -0.4 is 19.5 Å². The van der Waals surface area contributed by atoms with Crippen molar-refractivity contribution in [1.82, 2.24) is 5.32 Å². The highest BCUT2D eigenvalue weighted by Crippen LogP contribution is 2.30. The maximum atomic E-state index is 12.2. The minimum absolute atomic E-state index is 0.0976. The van der Waals surface area contributed by atoms with Crippen molar-refractivity contribution in [2.24, 2.45) is 0 Å². The number of carbonyl (C=O) groups excluding carboxylic acids is 1. The fourth-order valence-electron chi connectivity index (χ4n) is 2.54. The first kappa shape index (κ1) is 17.1. The third kappa shape index (κ3) is 5.14. The molecular formula is C20H23NO4. The minimum Gasteiger partial charge on any atom is -0.494 e. The monoisotopic (exact) mass is 341 g/mol. The van der Waals surface area contributed by atoms with Gasteiger partial charge in [-0.05, 0) is 43.2 Å². The Hall–Kier alpha value is -2.69. The molecule has 0 saturated heterocycles. The van der Waals surface area contributed by atoms with Crippen LogP contribution in [0, 0.1) is 0 Å². The first-order valence-electron chi connectivity index (χ1n) is 8.68. The lowest BCUT2D eigenvalue weighted by Crippen LogP contribution is -2.24. The van der Waals surface area contributed by atoms with Gasteiger partial charge in [-0.15, -0.1) is 0 Å². The van der Waals surface area contributed by atoms with Gasteiger partial charge in [0.1, 0.15) is 5.75 Å². The molecular weight excluding hydrogens is 318 g/mol. The van der Waals surface area contributed by atoms with Gasteiger partial charge in [0, 0.05) is 18.5 Å². The second kappa shape index (κ2) is 8.97. The van der Waals surface area contributed by atoms with Crippen LogP contribution in [-0.4, -0.2) is 32.3 Å². The molecule has 0 saturated carbocycles. The summed E-state index contributed by atoms with van der Waals surface area (Å²) in [6.07, 6.45) is 2.60. The van der Waals surface area contributed by atoms with E-state index < -0.39 is 0 Å². The van der Waals surface area contributed by atoms with Crippen LogP contribution in [0.25, 0.3) is 0 Å². The fourth-order valence-corrected chi connectivity index (χ4v) is 2.54. The highest BCUT2D eigenvalue weighted by atomic mass is 16.5. The molecule has 1 amide bonds. The molecule has 0 fully saturated rings. The van der Waals surface area contributed by atoms with Gasteiger partial charge in [-0.25, -0.2) is 0 Å². The molecule has 1 heterocycles. The molecule has 2 aromatic rings. The predicted molar refractivity (Wildman–Crippen MR) is 95.6 cm³/mol. The summed E-state index contributed by atoms with van der Waals surface area (Å²) in [5.74, 6) is 2.12. The maximum absolute atomic E-state index is 12.2. The van der Waals surface area contributed by atoms with Crippen molar-refractivity contribution in [3.8, 4) is 17.2 Å². The zero-order valence-corrected chi connectivity index (χ0v) is 14.2. The Bertz CT molecular complexity index is 687. The lowest BCUT2D eigenvalue weighted by molar-refractivity contribution is 0.0952. The quantitative estimate of drug-likeness (QED) is 0.784. The predicted octanol–water partition coefficient (Wildman–Crippen LogP) is 3.44. The summed E-state index contributed by atoms with van der Waals surface area (Å²) >= 11 is 0. The van der Waals surface area contributed by atoms with Crippen LogP contribution >= 0.6 is 0 Å². The second-order valence-corrected chi connectivity index (χ2v) is 5.84. The summed E-state index contributed by atoms with van der Waals surface area (Å²) in [5, 5.41) is 2.93. The normalized spacial score (nSPS) is 13.0. The van der Waals surface area contributed by atoms with Gasteiger partial charge >= 0.3 is 0 Å². The van der Waals surface area contributed by atoms with Gasteiger partial charge in [0.05, 0.1) is 19.8 Å². The van der Waals surface area contributed by atoms with Gasteiger partial charge < -0.3 is 19.5 Å². The number of fused-ring (bicyclic) bond motifs is 1. The summed E-state index contributed by atoms with van der Waals surface area (Å²) in [6.45, 7) is 2.51. The van der Waals surface area contributed by atoms with E-state index in [2.05, 4.69) is 5.32 Å². The molecule has 0 atom stereocenters. The van der Waals surface area contributed by atoms with Crippen LogP contribution in [0.2, 0.25) is 0 Å². The molecule has 1 aliphatic rings. The highest BCUT2D eigenvalue weighted by molar-refractivity contribution is 5.94. The lowest BCUT2D eigenvalue weighted by Gasteiger charge is -2.10. The van der Waals surface area contributed by atoms with Gasteiger partial charge in [-0.2, -0.15) is 0 Å². The molecule has 2 aromatic carbocycles. The van der Waals surface area contributed by atoms with Gasteiger partial charge in [-0.1, -0.05) is 18.2 Å². The van der Waals surface area contributed by atoms with Crippen LogP contribution in [0.1, 0.15) is 29.6 Å². The number of nitrogens with one attached hydrogen (secondary N) is 1. The molecule has 132 valence electrons. The van der Waals surface area contributed by atoms with Crippen molar-refractivity contribution in [1.29, 1.82) is 0 Å². The zero-order chi connectivity index (χ0) is 17.3. The van der Waals surface area contributed by atoms with Crippen molar-refractivity contribution in [2.75, 3.05) is 26.4 Å². The largest absolute Gasteiger partial charge is 0.494 e. The number of unbranched alkanes of at least 4 members (excludes halogenated alkanes) is 1. The Kier molecular flexibility index (Phi) is 6.15. The molecule has 0 bridgehead atoms. The molecule has 1 aliphatic heterocycles. The van der Waals surface area contributed by atoms with Gasteiger partial charge in [0.2, 0.25) is 0 Å². The van der Waals surface area contributed by atoms with Crippen molar-refractivity contribution in [3.63, 3.8) is 0 Å². The number of rotatable bonds is 7. The number of ether oxygens (including phenoxy) is 3. The molecule has 5 heteroatoms. The van der Waals surface area contributed by atoms with E-state index in [0.717, 1.165) is 25.0 Å². The third-order valence-corrected chi connectivity index (χ3v) is 3.88. The van der Waals surface area contributed by atoms with Crippen molar-refractivity contribution < 1.29 is 19.0 Å². The lowest BCUT2D eigenvalue weighted by atomic mass is 10.2. The van der Waals surface area contributed by atoms with Crippen LogP contribution in [0.15, 0.2) is 48.5 Å². The Balaban J connectivity index is 1.38. The number of amides is 1. The Morgan fingerprint density at radius 3 is 2.64 bits per heavy atom. The van der Waals surface area contributed by atoms with E-state index >= 15 is 0 Å². The molecule has 25 heavy (non-hydrogen) atoms. The molecule has 0 unspecified atom stereocenters. The Labute approximate surface area is 147 Å². The summed E-state index contributed by atoms with van der Waals surface area (Å²) in [6, 6.07) is 15.0. The van der Waals surface area contributed by atoms with Crippen LogP contribution in [0.5, 0.6) is 17.2 Å². The topological polar surface area (TPSA) is 56.8 Å². The van der Waals surface area contributed by atoms with Gasteiger partial charge in [0.25, 0.3) is 5.91 Å². The molecule has 3 rings (SSSR count). The van der Waals surface area contributed by atoms with E-state index in [9.17, 15) is 4.79 Å². The fraction of sp³-hybridized carbons (Fsp3) is 0.350. The van der Waals surface area contributed by atoms with Gasteiger partial charge in [0.15, 0.2) is 11.5 Å². The Morgan fingerprint density at radius 1 is 1.00 bits per heavy atom. The first-order chi connectivity index (χ1) is 12.3. The molecule has 0 spiro atoms. The van der Waals surface area contributed by atoms with Crippen LogP contribution in [-0.2, 0) is 0 Å². The van der Waals surface area contributed by atoms with E-state index in [-0.39, 0.29) is 5.91 Å². The van der Waals surface area contributed by atoms with Crippen molar-refractivity contribution in [3.05, 3.63) is 54.1 Å². The zero-order valence-electron chi connectivity index (χ0n) is 14.2. The van der Waals surface area contributed by atoms with Crippen LogP contribution in [0.3, 0.4) is 0 Å². The number of hydrogen-bond acceptors (Lipinski definition) is 4. The Morgan fingerprint density at radius 2 is 1.80 bits per heavy atom. The van der Waals surface area contributed by atoms with E-state index in [4.69, 9.17) is 14.2 Å². The summed E-state index contributed by atoms with van der Waals surface area (Å²) in [7, 11) is 0. The average Bonchev–Trinajstić information content (AvgIpc) is 2.90. The van der Waals surface area contributed by atoms with E-state index in [1.807, 2.05) is 30.3 Å². The minimum atomic E-state index is -0.0976. The molecule has 5 nitrogen and oxygen atoms in total. The molecule has 0 aromatic heterocycles. The highest BCUT2D eigenvalue weighted by Gasteiger charge is 2.13. The smallest absolute Gasteiger partial charge is 0.251 e. The van der Waals surface area contributed by atoms with Crippen LogP contribution in [0.4, 0.5) is 0 Å². The standard InChI is InChI=1S/C20H23NO4/c22-20(16-9-10-18-19(15-16)25-14-6-13-24-18)21-11-4-5-12-23-17-7-2-1-3-8-17/h1-3,7-10,15H,4-6,11-14H2,(H,21,22). The average molecular weight is 341 g/mol. The number of carbonyl (C=O) groups is 1. The number of hydrogen-bond donors (Lipinski definition) is 1. The third-order valence-electron chi connectivity index (χ3n) is 3.88. The van der Waals surface area contributed by atoms with Gasteiger partial charge in [-0.3, -0.25) is 4.79 Å². The SMILES string of the molecule is O=C(NCCCCOc1ccccc1)c1ccc2c(c1)OCCCO2.